The highest BCUT2D eigenvalue weighted by molar-refractivity contribution is 6.58. The molecule has 2 aromatic rings. The lowest BCUT2D eigenvalue weighted by atomic mass is 9.67. The van der Waals surface area contributed by atoms with Gasteiger partial charge >= 0.3 is 7.12 Å². The van der Waals surface area contributed by atoms with Gasteiger partial charge in [0.15, 0.2) is 0 Å². The summed E-state index contributed by atoms with van der Waals surface area (Å²) in [5.74, 6) is -2.96. The smallest absolute Gasteiger partial charge is 0.488 e. The number of aliphatic hydroxyl groups excluding tert-OH is 2. The number of anilines is 1. The van der Waals surface area contributed by atoms with Crippen LogP contribution in [-0.2, 0) is 9.59 Å². The summed E-state index contributed by atoms with van der Waals surface area (Å²) in [5.41, 5.74) is 3.78. The monoisotopic (exact) mass is 581 g/mol. The fraction of sp³-hybridized carbons (Fsp3) is 0.419. The quantitative estimate of drug-likeness (QED) is 0.155. The van der Waals surface area contributed by atoms with Gasteiger partial charge in [0.2, 0.25) is 11.8 Å². The maximum atomic E-state index is 13.7. The van der Waals surface area contributed by atoms with Crippen LogP contribution in [0.2, 0.25) is 5.02 Å². The highest BCUT2D eigenvalue weighted by atomic mass is 35.5. The third-order valence-electron chi connectivity index (χ3n) is 8.25. The number of nitrogens with zero attached hydrogens (tertiary/aromatic N) is 1. The van der Waals surface area contributed by atoms with E-state index in [2.05, 4.69) is 6.92 Å². The van der Waals surface area contributed by atoms with E-state index in [0.717, 1.165) is 34.5 Å². The summed E-state index contributed by atoms with van der Waals surface area (Å²) in [6, 6.07) is 10.8. The minimum absolute atomic E-state index is 0.0847. The summed E-state index contributed by atoms with van der Waals surface area (Å²) in [7, 11) is -1.75. The van der Waals surface area contributed by atoms with Crippen LogP contribution in [0.25, 0.3) is 6.08 Å². The van der Waals surface area contributed by atoms with E-state index >= 15 is 0 Å². The van der Waals surface area contributed by atoms with Crippen molar-refractivity contribution in [3.8, 4) is 5.75 Å². The molecule has 0 unspecified atom stereocenters. The zero-order valence-electron chi connectivity index (χ0n) is 23.3. The fourth-order valence-electron chi connectivity index (χ4n) is 6.30. The van der Waals surface area contributed by atoms with E-state index in [9.17, 15) is 35.0 Å². The molecule has 0 aromatic heterocycles. The molecule has 0 bridgehead atoms. The van der Waals surface area contributed by atoms with Crippen LogP contribution in [0, 0.1) is 17.8 Å². The number of amides is 2. The van der Waals surface area contributed by atoms with Crippen molar-refractivity contribution in [3.05, 3.63) is 69.8 Å². The van der Waals surface area contributed by atoms with Crippen LogP contribution in [0.3, 0.4) is 0 Å². The molecule has 1 saturated heterocycles. The molecular formula is C31H37BClNO7. The van der Waals surface area contributed by atoms with Crippen LogP contribution in [0.4, 0.5) is 5.69 Å². The van der Waals surface area contributed by atoms with E-state index in [1.807, 2.05) is 13.0 Å². The Kier molecular flexibility index (Phi) is 10.1. The van der Waals surface area contributed by atoms with Crippen molar-refractivity contribution in [3.63, 3.8) is 0 Å². The highest BCUT2D eigenvalue weighted by Gasteiger charge is 2.55. The summed E-state index contributed by atoms with van der Waals surface area (Å²) in [6.07, 6.45) is 4.57. The molecule has 1 aliphatic heterocycles. The summed E-state index contributed by atoms with van der Waals surface area (Å²) < 4.78 is 0. The SMILES string of the molecule is CCC/C(=C\c1ccc(O)cc1Cl)CC[C@@H](O)C1=C(CC)C[C@H]2C(=O)N(c3cccc(B(O)O)c3)C(=O)[C@H]2[C@H]1CO. The van der Waals surface area contributed by atoms with Gasteiger partial charge in [-0.3, -0.25) is 14.5 Å². The molecule has 2 aliphatic rings. The Morgan fingerprint density at radius 2 is 1.88 bits per heavy atom. The Hall–Kier alpha value is -2.95. The molecule has 2 aromatic carbocycles. The predicted octanol–water partition coefficient (Wildman–Crippen LogP) is 3.57. The summed E-state index contributed by atoms with van der Waals surface area (Å²) >= 11 is 6.31. The van der Waals surface area contributed by atoms with Crippen molar-refractivity contribution < 1.29 is 35.0 Å². The number of allylic oxidation sites excluding steroid dienone is 2. The number of aromatic hydroxyl groups is 1. The molecule has 5 N–H and O–H groups in total. The van der Waals surface area contributed by atoms with Gasteiger partial charge in [0, 0.05) is 5.92 Å². The standard InChI is InChI=1S/C31H37BClNO7/c1-3-6-18(13-20-10-11-23(36)16-26(20)33)9-12-27(37)28-19(4-2)14-24-29(25(28)17-35)31(39)34(30(24)38)22-8-5-7-21(15-22)32(40)41/h5,7-8,10-11,13,15-16,24-25,27,29,35-37,40-41H,3-4,6,9,12,14,17H2,1-2H3/b18-13+/t24-,25+,27-,29-/m1/s1. The number of phenols is 1. The van der Waals surface area contributed by atoms with Crippen LogP contribution >= 0.6 is 11.6 Å². The maximum Gasteiger partial charge on any atom is 0.488 e. The summed E-state index contributed by atoms with van der Waals surface area (Å²) in [6.45, 7) is 3.62. The van der Waals surface area contributed by atoms with E-state index in [4.69, 9.17) is 11.6 Å². The normalized spacial score (nSPS) is 21.9. The second-order valence-corrected chi connectivity index (χ2v) is 11.2. The number of aliphatic hydroxyl groups is 2. The molecule has 0 radical (unpaired) electrons. The lowest BCUT2D eigenvalue weighted by Crippen LogP contribution is -2.39. The van der Waals surface area contributed by atoms with E-state index < -0.39 is 36.9 Å². The number of fused-ring (bicyclic) bond motifs is 1. The second kappa shape index (κ2) is 13.4. The summed E-state index contributed by atoms with van der Waals surface area (Å²) in [5, 5.41) is 51.3. The number of phenolic OH excluding ortho intramolecular Hbond substituents is 1. The Morgan fingerprint density at radius 1 is 1.12 bits per heavy atom. The first-order valence-electron chi connectivity index (χ1n) is 14.1. The fourth-order valence-corrected chi connectivity index (χ4v) is 6.53. The number of halogens is 1. The van der Waals surface area contributed by atoms with Gasteiger partial charge < -0.3 is 25.4 Å². The largest absolute Gasteiger partial charge is 0.508 e. The van der Waals surface area contributed by atoms with Gasteiger partial charge in [-0.2, -0.15) is 0 Å². The van der Waals surface area contributed by atoms with Gasteiger partial charge in [-0.1, -0.05) is 61.2 Å². The molecule has 8 nitrogen and oxygen atoms in total. The van der Waals surface area contributed by atoms with Crippen molar-refractivity contribution in [2.45, 2.75) is 58.5 Å². The van der Waals surface area contributed by atoms with Crippen molar-refractivity contribution in [2.75, 3.05) is 11.5 Å². The number of carbonyl (C=O) groups is 2. The lowest BCUT2D eigenvalue weighted by molar-refractivity contribution is -0.123. The topological polar surface area (TPSA) is 139 Å². The lowest BCUT2D eigenvalue weighted by Gasteiger charge is -2.36. The van der Waals surface area contributed by atoms with Crippen molar-refractivity contribution in [2.24, 2.45) is 17.8 Å². The molecule has 0 spiro atoms. The van der Waals surface area contributed by atoms with E-state index in [1.54, 1.807) is 24.3 Å². The molecule has 1 fully saturated rings. The molecule has 4 atom stereocenters. The average molecular weight is 582 g/mol. The molecule has 4 rings (SSSR count). The first-order chi connectivity index (χ1) is 19.6. The zero-order chi connectivity index (χ0) is 29.8. The Balaban J connectivity index is 1.59. The van der Waals surface area contributed by atoms with E-state index in [0.29, 0.717) is 36.3 Å². The first kappa shape index (κ1) is 31.0. The van der Waals surface area contributed by atoms with E-state index in [-0.39, 0.29) is 29.4 Å². The Labute approximate surface area is 245 Å². The Bertz CT molecular complexity index is 1360. The van der Waals surface area contributed by atoms with Crippen LogP contribution < -0.4 is 10.4 Å². The first-order valence-corrected chi connectivity index (χ1v) is 14.5. The van der Waals surface area contributed by atoms with Crippen molar-refractivity contribution >= 4 is 47.8 Å². The third-order valence-corrected chi connectivity index (χ3v) is 8.57. The van der Waals surface area contributed by atoms with Crippen molar-refractivity contribution in [1.82, 2.24) is 0 Å². The second-order valence-electron chi connectivity index (χ2n) is 10.8. The van der Waals surface area contributed by atoms with Gasteiger partial charge in [0.1, 0.15) is 5.75 Å². The molecule has 41 heavy (non-hydrogen) atoms. The minimum Gasteiger partial charge on any atom is -0.508 e. The molecule has 1 aliphatic carbocycles. The van der Waals surface area contributed by atoms with Crippen molar-refractivity contribution in [1.29, 1.82) is 0 Å². The summed E-state index contributed by atoms with van der Waals surface area (Å²) in [4.78, 5) is 28.3. The molecule has 0 saturated carbocycles. The van der Waals surface area contributed by atoms with Crippen LogP contribution in [-0.4, -0.2) is 57.0 Å². The number of rotatable bonds is 11. The average Bonchev–Trinajstić information content (AvgIpc) is 3.20. The van der Waals surface area contributed by atoms with Gasteiger partial charge in [0.25, 0.3) is 0 Å². The zero-order valence-corrected chi connectivity index (χ0v) is 24.1. The third kappa shape index (κ3) is 6.44. The van der Waals surface area contributed by atoms with Crippen LogP contribution in [0.5, 0.6) is 5.75 Å². The number of imide groups is 1. The highest BCUT2D eigenvalue weighted by Crippen LogP contribution is 2.48. The number of carbonyl (C=O) groups excluding carboxylic acids is 2. The molecule has 2 amide bonds. The molecule has 218 valence electrons. The number of hydrogen-bond acceptors (Lipinski definition) is 7. The molecular weight excluding hydrogens is 545 g/mol. The van der Waals surface area contributed by atoms with E-state index in [1.165, 1.54) is 18.2 Å². The number of benzene rings is 2. The van der Waals surface area contributed by atoms with Gasteiger partial charge in [-0.05, 0) is 79.0 Å². The van der Waals surface area contributed by atoms with Crippen LogP contribution in [0.1, 0.15) is 57.9 Å². The van der Waals surface area contributed by atoms with Gasteiger partial charge in [0.05, 0.1) is 35.3 Å². The van der Waals surface area contributed by atoms with Crippen LogP contribution in [0.15, 0.2) is 59.2 Å². The molecule has 1 heterocycles. The van der Waals surface area contributed by atoms with Gasteiger partial charge in [-0.25, -0.2) is 0 Å². The Morgan fingerprint density at radius 3 is 2.51 bits per heavy atom. The maximum absolute atomic E-state index is 13.7. The molecule has 10 heteroatoms. The van der Waals surface area contributed by atoms with Gasteiger partial charge in [-0.15, -0.1) is 0 Å². The predicted molar refractivity (Wildman–Crippen MR) is 159 cm³/mol. The minimum atomic E-state index is -1.75. The number of hydrogen-bond donors (Lipinski definition) is 5.